The van der Waals surface area contributed by atoms with E-state index < -0.39 is 58.1 Å². The van der Waals surface area contributed by atoms with Crippen molar-refractivity contribution in [1.29, 1.82) is 0 Å². The first kappa shape index (κ1) is 114. The van der Waals surface area contributed by atoms with Crippen LogP contribution in [0.5, 0.6) is 0 Å². The molecule has 5 aliphatic heterocycles. The zero-order valence-corrected chi connectivity index (χ0v) is 64.3. The number of aliphatic hydroxyl groups is 1. The van der Waals surface area contributed by atoms with Crippen LogP contribution >= 0.6 is 36.8 Å². The molecule has 5 heterocycles. The third-order valence-corrected chi connectivity index (χ3v) is 11.7. The Morgan fingerprint density at radius 1 is 0.607 bits per heavy atom. The molecule has 5 aliphatic rings. The zero-order chi connectivity index (χ0) is 58.9. The minimum Gasteiger partial charge on any atom is -1.00 e. The topological polar surface area (TPSA) is 358 Å². The van der Waals surface area contributed by atoms with Gasteiger partial charge in [-0.25, -0.2) is 27.6 Å². The summed E-state index contributed by atoms with van der Waals surface area (Å²) in [5.74, 6) is 2.61. The summed E-state index contributed by atoms with van der Waals surface area (Å²) >= 11 is 0.309. The van der Waals surface area contributed by atoms with Gasteiger partial charge in [-0.05, 0) is 94.8 Å². The van der Waals surface area contributed by atoms with E-state index in [-0.39, 0.29) is 357 Å². The van der Waals surface area contributed by atoms with E-state index >= 15 is 0 Å². The fourth-order valence-electron chi connectivity index (χ4n) is 5.69. The maximum Gasteiger partial charge on any atom is 1.00 e. The van der Waals surface area contributed by atoms with Gasteiger partial charge in [-0.1, -0.05) is 37.0 Å². The number of aliphatic hydroxyl groups excluding tert-OH is 1. The van der Waals surface area contributed by atoms with Crippen molar-refractivity contribution in [1.82, 2.24) is 24.9 Å². The summed E-state index contributed by atoms with van der Waals surface area (Å²) in [5, 5.41) is 20.2. The van der Waals surface area contributed by atoms with E-state index in [4.69, 9.17) is 34.1 Å². The molecule has 26 nitrogen and oxygen atoms in total. The maximum absolute atomic E-state index is 11.5. The van der Waals surface area contributed by atoms with E-state index in [1.54, 1.807) is 51.3 Å². The number of halogens is 1. The first-order valence-electron chi connectivity index (χ1n) is 23.3. The number of carbonyl (C=O) groups is 5. The Bertz CT molecular complexity index is 2000. The van der Waals surface area contributed by atoms with E-state index in [9.17, 15) is 53.5 Å². The zero-order valence-electron chi connectivity index (χ0n) is 50.3. The van der Waals surface area contributed by atoms with Gasteiger partial charge in [0, 0.05) is 269 Å². The summed E-state index contributed by atoms with van der Waals surface area (Å²) in [7, 11) is -2.09. The number of rotatable bonds is 10. The Morgan fingerprint density at radius 2 is 0.845 bits per heavy atom. The summed E-state index contributed by atoms with van der Waals surface area (Å²) in [6.45, 7) is 28.5. The Labute approximate surface area is 730 Å². The molecule has 4 amide bonds. The van der Waals surface area contributed by atoms with Crippen molar-refractivity contribution in [3.05, 3.63) is 0 Å². The molecular formula is C45H92Ar4ClK2N5O21S6-2. The standard InChI is InChI=1S/C10H19NO5S.C9H17NO4S.C9H17NO3.C9H17NO2S.C4H9NO2S.CH3ClO2S.CH2O3.2CH4.4Ar.2K.H2S.H/c1-10(2,3)16-9(12)11-5-8(6-11)7-15-17(4,13)14;1-9(2,3)14-8(11)10-4-7(5-10)6-15(12)13;1-9(2,3)13-8(12)10-4-7(5-10)6-11;1-9(2,3)12-8(11)10-4-7(5-10)6-13;6-8(7)3-4-1-5-2-4;1-5(2,3)4;2-1-4-3;;;;;;;;;;/h8H,5-7H2,1-4H3;7H,4-6H2,1-3H3,(H,12,13);7,11H,4-6H2,1-3H3;7,13H,4-6H2,1-3H3;4-5H,1-3H2,(H,6,7);1H3;1,3H;2*1H4;;;;;;;1H2;/q;;;;;;;;;;;;;2*+1;;-1/p-3. The Balaban J connectivity index is -0.0000000742. The number of thiol groups is 1. The number of likely N-dealkylation sites (tertiary alicyclic amines) is 4. The summed E-state index contributed by atoms with van der Waals surface area (Å²) in [4.78, 5) is 63.3. The van der Waals surface area contributed by atoms with Gasteiger partial charge in [-0.15, -0.1) is 0 Å². The summed E-state index contributed by atoms with van der Waals surface area (Å²) in [5.41, 5.74) is -1.82. The molecule has 0 bridgehead atoms. The number of amides is 4. The molecule has 0 aromatic rings. The van der Waals surface area contributed by atoms with Crippen LogP contribution in [0.25, 0.3) is 0 Å². The van der Waals surface area contributed by atoms with Crippen LogP contribution in [0.1, 0.15) is 99.4 Å². The molecule has 5 rings (SSSR count). The minimum absolute atomic E-state index is 0. The molecular weight excluding hydrogens is 1410 g/mol. The smallest absolute Gasteiger partial charge is 1.00 e. The van der Waals surface area contributed by atoms with Gasteiger partial charge in [0.05, 0.1) is 19.1 Å². The van der Waals surface area contributed by atoms with Crippen LogP contribution in [0, 0.1) is 181 Å². The van der Waals surface area contributed by atoms with Gasteiger partial charge in [0.25, 0.3) is 16.6 Å². The van der Waals surface area contributed by atoms with Crippen molar-refractivity contribution >= 4 is 109 Å². The molecule has 502 valence electrons. The van der Waals surface area contributed by atoms with Crippen LogP contribution < -0.4 is 113 Å². The predicted octanol–water partition coefficient (Wildman–Crippen LogP) is -2.60. The van der Waals surface area contributed by atoms with Crippen molar-refractivity contribution in [3.63, 3.8) is 0 Å². The molecule has 2 N–H and O–H groups in total. The number of nitrogens with one attached hydrogen (secondary N) is 1. The minimum atomic E-state index is -3.40. The average molecular weight is 1510 g/mol. The van der Waals surface area contributed by atoms with Gasteiger partial charge in [0.2, 0.25) is 9.05 Å². The first-order valence-corrected chi connectivity index (χ1v) is 31.0. The van der Waals surface area contributed by atoms with Gasteiger partial charge in [-0.2, -0.15) is 34.5 Å². The van der Waals surface area contributed by atoms with Crippen LogP contribution in [0.15, 0.2) is 0 Å². The fourth-order valence-corrected chi connectivity index (χ4v) is 7.58. The summed E-state index contributed by atoms with van der Waals surface area (Å²) < 4.78 is 106. The van der Waals surface area contributed by atoms with Gasteiger partial charge >= 0.3 is 127 Å². The number of ether oxygens (including phenoxy) is 4. The van der Waals surface area contributed by atoms with E-state index in [2.05, 4.69) is 37.7 Å². The van der Waals surface area contributed by atoms with Gasteiger partial charge < -0.3 is 69.6 Å². The van der Waals surface area contributed by atoms with E-state index in [1.165, 1.54) is 9.80 Å². The van der Waals surface area contributed by atoms with Crippen molar-refractivity contribution < 1.29 is 352 Å². The van der Waals surface area contributed by atoms with Crippen molar-refractivity contribution in [3.8, 4) is 0 Å². The number of nitrogens with zero attached hydrogens (tertiary/aromatic N) is 4. The maximum atomic E-state index is 11.5. The molecule has 0 aliphatic carbocycles. The first-order chi connectivity index (χ1) is 33.9. The van der Waals surface area contributed by atoms with Crippen molar-refractivity contribution in [2.45, 2.75) is 120 Å². The van der Waals surface area contributed by atoms with Crippen LogP contribution in [-0.4, -0.2) is 221 Å². The molecule has 5 fully saturated rings. The quantitative estimate of drug-likeness (QED) is 0.0232. The van der Waals surface area contributed by atoms with Crippen LogP contribution in [0.2, 0.25) is 0 Å². The summed E-state index contributed by atoms with van der Waals surface area (Å²) in [6.07, 6.45) is 0.720. The Morgan fingerprint density at radius 3 is 1.02 bits per heavy atom. The third kappa shape index (κ3) is 67.8. The second kappa shape index (κ2) is 56.8. The normalized spacial score (nSPS) is 16.0. The molecule has 0 radical (unpaired) electrons. The SMILES string of the molecule is C.C.CC(C)(C)OC(=O)N1CC(CO)C1.CC(C)(C)OC(=O)N1CC(COS(C)(=O)=O)C1.CC(C)(C)OC(=O)N1CC(CS(=O)[O-])C1.CC(C)(C)OC(=O)N1CC(CS)C1.CS(=O)(=O)Cl.O=CO[O-].O=S([O-])CC1CNC1.S.[Ar].[Ar].[Ar].[Ar].[H-].[K+].[K+]. The number of carbonyl (C=O) groups excluding carboxylic acids is 5. The molecule has 2 atom stereocenters. The van der Waals surface area contributed by atoms with Crippen LogP contribution in [0.3, 0.4) is 0 Å². The Hall–Kier alpha value is 5.81. The Kier molecular flexibility index (Phi) is 77.1. The number of hydrogen-bond donors (Lipinski definition) is 3. The van der Waals surface area contributed by atoms with E-state index in [0.717, 1.165) is 44.4 Å². The molecule has 0 aromatic heterocycles. The fraction of sp³-hybridized carbons (Fsp3) is 0.889. The molecule has 39 heteroatoms. The second-order valence-electron chi connectivity index (χ2n) is 21.7. The van der Waals surface area contributed by atoms with Gasteiger partial charge in [0.15, 0.2) is 0 Å². The van der Waals surface area contributed by atoms with Crippen LogP contribution in [0.4, 0.5) is 19.2 Å². The van der Waals surface area contributed by atoms with Crippen molar-refractivity contribution in [2.24, 2.45) is 29.6 Å². The largest absolute Gasteiger partial charge is 1.00 e. The van der Waals surface area contributed by atoms with E-state index in [0.29, 0.717) is 56.9 Å². The molecule has 84 heavy (non-hydrogen) atoms. The molecule has 0 spiro atoms. The van der Waals surface area contributed by atoms with Crippen LogP contribution in [-0.2, 0) is 74.1 Å². The van der Waals surface area contributed by atoms with Gasteiger partial charge in [0.1, 0.15) is 22.4 Å². The third-order valence-electron chi connectivity index (χ3n) is 9.12. The monoisotopic (exact) mass is 1500 g/mol. The molecule has 5 saturated heterocycles. The predicted molar refractivity (Wildman–Crippen MR) is 304 cm³/mol. The second-order valence-corrected chi connectivity index (χ2v) is 28.6. The van der Waals surface area contributed by atoms with Crippen molar-refractivity contribution in [2.75, 3.05) is 108 Å². The van der Waals surface area contributed by atoms with E-state index in [1.807, 2.05) is 41.5 Å². The molecule has 2 unspecified atom stereocenters. The molecule has 0 saturated carbocycles. The summed E-state index contributed by atoms with van der Waals surface area (Å²) in [6, 6.07) is 0. The van der Waals surface area contributed by atoms with Gasteiger partial charge in [-0.3, -0.25) is 17.4 Å². The number of hydrogen-bond acceptors (Lipinski definition) is 23. The average Bonchev–Trinajstić information content (AvgIpc) is 3.10. The molecule has 0 aromatic carbocycles.